The first-order chi connectivity index (χ1) is 8.71. The van der Waals surface area contributed by atoms with Gasteiger partial charge in [0.15, 0.2) is 5.78 Å². The lowest BCUT2D eigenvalue weighted by Crippen LogP contribution is -2.00. The van der Waals surface area contributed by atoms with Gasteiger partial charge in [-0.1, -0.05) is 69.0 Å². The molecule has 0 N–H and O–H groups in total. The zero-order valence-corrected chi connectivity index (χ0v) is 11.9. The Kier molecular flexibility index (Phi) is 13.5. The van der Waals surface area contributed by atoms with Crippen LogP contribution in [0.15, 0.2) is 67.3 Å². The van der Waals surface area contributed by atoms with Crippen molar-refractivity contribution in [3.05, 3.63) is 72.9 Å². The number of hydrogen-bond acceptors (Lipinski definition) is 1. The Balaban J connectivity index is 0. The number of carbonyl (C=O) groups is 1. The molecule has 0 aromatic heterocycles. The fraction of sp³-hybridized carbons (Fsp3) is 0.235. The maximum absolute atomic E-state index is 11.7. The fourth-order valence-electron chi connectivity index (χ4n) is 1.10. The summed E-state index contributed by atoms with van der Waals surface area (Å²) in [5, 5.41) is 0. The van der Waals surface area contributed by atoms with Crippen LogP contribution in [0.4, 0.5) is 0 Å². The van der Waals surface area contributed by atoms with E-state index in [1.165, 1.54) is 0 Å². The Bertz CT molecular complexity index is 372. The molecular formula is C17H24O. The third kappa shape index (κ3) is 7.39. The van der Waals surface area contributed by atoms with Gasteiger partial charge in [-0.3, -0.25) is 4.79 Å². The van der Waals surface area contributed by atoms with Crippen molar-refractivity contribution in [2.75, 3.05) is 0 Å². The number of allylic oxidation sites excluding steroid dienone is 4. The van der Waals surface area contributed by atoms with E-state index < -0.39 is 0 Å². The minimum absolute atomic E-state index is 0.0260. The van der Waals surface area contributed by atoms with Crippen molar-refractivity contribution >= 4 is 5.78 Å². The molecule has 0 unspecified atom stereocenters. The van der Waals surface area contributed by atoms with E-state index in [1.807, 2.05) is 45.9 Å². The van der Waals surface area contributed by atoms with Gasteiger partial charge >= 0.3 is 0 Å². The molecule has 0 amide bonds. The van der Waals surface area contributed by atoms with E-state index in [9.17, 15) is 4.79 Å². The quantitative estimate of drug-likeness (QED) is 0.308. The average molecular weight is 244 g/mol. The number of hydrogen-bond donors (Lipinski definition) is 0. The number of benzene rings is 1. The number of carbonyl (C=O) groups excluding carboxylic acids is 1. The normalized spacial score (nSPS) is 9.00. The summed E-state index contributed by atoms with van der Waals surface area (Å²) < 4.78 is 0. The molecule has 0 aliphatic rings. The molecule has 0 bridgehead atoms. The second-order valence-corrected chi connectivity index (χ2v) is 3.05. The molecule has 1 rings (SSSR count). The first kappa shape index (κ1) is 18.5. The lowest BCUT2D eigenvalue weighted by molar-refractivity contribution is 0.103. The topological polar surface area (TPSA) is 17.1 Å². The minimum atomic E-state index is 0.0260. The van der Waals surface area contributed by atoms with Gasteiger partial charge in [-0.25, -0.2) is 0 Å². The molecule has 0 fully saturated rings. The molecule has 1 aromatic carbocycles. The summed E-state index contributed by atoms with van der Waals surface area (Å²) in [6, 6.07) is 9.19. The first-order valence-electron chi connectivity index (χ1n) is 6.16. The molecule has 18 heavy (non-hydrogen) atoms. The van der Waals surface area contributed by atoms with Gasteiger partial charge in [-0.05, 0) is 13.8 Å². The molecule has 0 saturated carbocycles. The van der Waals surface area contributed by atoms with Gasteiger partial charge in [0.1, 0.15) is 0 Å². The highest BCUT2D eigenvalue weighted by molar-refractivity contribution is 6.10. The SMILES string of the molecule is C=C/C(=C\C)C(=O)c1ccccc1.C=CC.CC. The van der Waals surface area contributed by atoms with E-state index in [2.05, 4.69) is 13.2 Å². The second-order valence-electron chi connectivity index (χ2n) is 3.05. The van der Waals surface area contributed by atoms with Crippen LogP contribution in [0.5, 0.6) is 0 Å². The van der Waals surface area contributed by atoms with Crippen molar-refractivity contribution in [3.63, 3.8) is 0 Å². The van der Waals surface area contributed by atoms with E-state index in [-0.39, 0.29) is 5.78 Å². The van der Waals surface area contributed by atoms with Crippen LogP contribution in [0.25, 0.3) is 0 Å². The van der Waals surface area contributed by atoms with E-state index in [1.54, 1.807) is 30.4 Å². The Morgan fingerprint density at radius 1 is 1.06 bits per heavy atom. The Hall–Kier alpha value is -1.89. The van der Waals surface area contributed by atoms with Crippen LogP contribution in [0.2, 0.25) is 0 Å². The monoisotopic (exact) mass is 244 g/mol. The molecule has 0 heterocycles. The van der Waals surface area contributed by atoms with Gasteiger partial charge in [-0.15, -0.1) is 6.58 Å². The van der Waals surface area contributed by atoms with E-state index in [4.69, 9.17) is 0 Å². The highest BCUT2D eigenvalue weighted by Crippen LogP contribution is 2.08. The maximum Gasteiger partial charge on any atom is 0.192 e. The van der Waals surface area contributed by atoms with Crippen molar-refractivity contribution in [2.24, 2.45) is 0 Å². The molecule has 0 saturated heterocycles. The number of Topliss-reactive ketones (excluding diaryl/α,β-unsaturated/α-hetero) is 1. The summed E-state index contributed by atoms with van der Waals surface area (Å²) in [6.07, 6.45) is 5.09. The van der Waals surface area contributed by atoms with Crippen LogP contribution in [-0.4, -0.2) is 5.78 Å². The predicted octanol–water partition coefficient (Wildman–Crippen LogP) is 5.22. The second kappa shape index (κ2) is 13.2. The minimum Gasteiger partial charge on any atom is -0.289 e. The summed E-state index contributed by atoms with van der Waals surface area (Å²) in [5.41, 5.74) is 1.35. The largest absolute Gasteiger partial charge is 0.289 e. The van der Waals surface area contributed by atoms with Crippen molar-refractivity contribution in [1.29, 1.82) is 0 Å². The van der Waals surface area contributed by atoms with Crippen molar-refractivity contribution < 1.29 is 4.79 Å². The Morgan fingerprint density at radius 2 is 1.50 bits per heavy atom. The summed E-state index contributed by atoms with van der Waals surface area (Å²) in [5.74, 6) is 0.0260. The van der Waals surface area contributed by atoms with Gasteiger partial charge in [0, 0.05) is 11.1 Å². The third-order valence-electron chi connectivity index (χ3n) is 1.83. The number of ketones is 1. The fourth-order valence-corrected chi connectivity index (χ4v) is 1.10. The molecule has 0 radical (unpaired) electrons. The van der Waals surface area contributed by atoms with Crippen molar-refractivity contribution in [3.8, 4) is 0 Å². The molecule has 1 aromatic rings. The van der Waals surface area contributed by atoms with Crippen LogP contribution < -0.4 is 0 Å². The lowest BCUT2D eigenvalue weighted by Gasteiger charge is -1.99. The molecule has 1 nitrogen and oxygen atoms in total. The van der Waals surface area contributed by atoms with Crippen molar-refractivity contribution in [1.82, 2.24) is 0 Å². The zero-order chi connectivity index (χ0) is 14.4. The molecular weight excluding hydrogens is 220 g/mol. The molecule has 0 spiro atoms. The highest BCUT2D eigenvalue weighted by Gasteiger charge is 2.06. The van der Waals surface area contributed by atoms with Crippen LogP contribution in [0, 0.1) is 0 Å². The summed E-state index contributed by atoms with van der Waals surface area (Å²) in [6.45, 7) is 14.7. The standard InChI is InChI=1S/C12H12O.C3H6.C2H6/c1-3-10(4-2)12(13)11-8-6-5-7-9-11;1-3-2;1-2/h3-9H,1H2,2H3;3H,1H2,2H3;1-2H3/b10-4+;;. The van der Waals surface area contributed by atoms with Crippen LogP contribution in [0.1, 0.15) is 38.1 Å². The van der Waals surface area contributed by atoms with E-state index >= 15 is 0 Å². The average Bonchev–Trinajstić information content (AvgIpc) is 2.44. The lowest BCUT2D eigenvalue weighted by atomic mass is 10.0. The molecule has 0 aliphatic heterocycles. The Labute approximate surface area is 112 Å². The molecule has 98 valence electrons. The van der Waals surface area contributed by atoms with Crippen LogP contribution in [-0.2, 0) is 0 Å². The highest BCUT2D eigenvalue weighted by atomic mass is 16.1. The first-order valence-corrected chi connectivity index (χ1v) is 6.16. The van der Waals surface area contributed by atoms with Gasteiger partial charge < -0.3 is 0 Å². The molecule has 1 heteroatoms. The predicted molar refractivity (Wildman–Crippen MR) is 81.9 cm³/mol. The number of rotatable bonds is 3. The van der Waals surface area contributed by atoms with E-state index in [0.717, 1.165) is 0 Å². The van der Waals surface area contributed by atoms with Gasteiger partial charge in [0.25, 0.3) is 0 Å². The molecule has 0 aliphatic carbocycles. The summed E-state index contributed by atoms with van der Waals surface area (Å²) in [4.78, 5) is 11.7. The molecule has 0 atom stereocenters. The van der Waals surface area contributed by atoms with Crippen LogP contribution >= 0.6 is 0 Å². The van der Waals surface area contributed by atoms with Gasteiger partial charge in [-0.2, -0.15) is 0 Å². The van der Waals surface area contributed by atoms with Gasteiger partial charge in [0.05, 0.1) is 0 Å². The third-order valence-corrected chi connectivity index (χ3v) is 1.83. The Morgan fingerprint density at radius 3 is 1.83 bits per heavy atom. The zero-order valence-electron chi connectivity index (χ0n) is 11.9. The summed E-state index contributed by atoms with van der Waals surface area (Å²) in [7, 11) is 0. The van der Waals surface area contributed by atoms with Crippen molar-refractivity contribution in [2.45, 2.75) is 27.7 Å². The maximum atomic E-state index is 11.7. The van der Waals surface area contributed by atoms with Gasteiger partial charge in [0.2, 0.25) is 0 Å². The van der Waals surface area contributed by atoms with Crippen LogP contribution in [0.3, 0.4) is 0 Å². The smallest absolute Gasteiger partial charge is 0.192 e. The summed E-state index contributed by atoms with van der Waals surface area (Å²) >= 11 is 0. The van der Waals surface area contributed by atoms with E-state index in [0.29, 0.717) is 11.1 Å².